The first kappa shape index (κ1) is 15.0. The topological polar surface area (TPSA) is 74.2 Å². The molecule has 1 aromatic rings. The lowest BCUT2D eigenvalue weighted by Crippen LogP contribution is -2.39. The number of methoxy groups -OCH3 is 1. The van der Waals surface area contributed by atoms with E-state index >= 15 is 0 Å². The van der Waals surface area contributed by atoms with E-state index in [9.17, 15) is 4.79 Å². The summed E-state index contributed by atoms with van der Waals surface area (Å²) in [6, 6.07) is 9.55. The van der Waals surface area contributed by atoms with Crippen LogP contribution < -0.4 is 10.6 Å². The van der Waals surface area contributed by atoms with Gasteiger partial charge in [-0.3, -0.25) is 4.79 Å². The number of hydrogen-bond acceptors (Lipinski definition) is 4. The number of rotatable bonds is 7. The lowest BCUT2D eigenvalue weighted by atomic mass is 10.1. The molecule has 19 heavy (non-hydrogen) atoms. The van der Waals surface area contributed by atoms with Crippen molar-refractivity contribution < 1.29 is 9.53 Å². The number of nitrogens with zero attached hydrogens (tertiary/aromatic N) is 1. The molecule has 0 fully saturated rings. The maximum atomic E-state index is 11.6. The molecule has 0 bridgehead atoms. The quantitative estimate of drug-likeness (QED) is 0.776. The van der Waals surface area contributed by atoms with E-state index in [1.54, 1.807) is 7.11 Å². The molecule has 0 saturated carbocycles. The highest BCUT2D eigenvalue weighted by atomic mass is 16.5. The summed E-state index contributed by atoms with van der Waals surface area (Å²) >= 11 is 0. The third kappa shape index (κ3) is 5.89. The van der Waals surface area contributed by atoms with E-state index in [1.165, 1.54) is 0 Å². The minimum absolute atomic E-state index is 0.00250. The van der Waals surface area contributed by atoms with Crippen molar-refractivity contribution in [2.24, 2.45) is 0 Å². The van der Waals surface area contributed by atoms with Gasteiger partial charge in [0.1, 0.15) is 0 Å². The van der Waals surface area contributed by atoms with Crippen molar-refractivity contribution in [2.45, 2.75) is 19.4 Å². The van der Waals surface area contributed by atoms with Crippen molar-refractivity contribution in [3.05, 3.63) is 29.8 Å². The second-order valence-corrected chi connectivity index (χ2v) is 4.31. The zero-order valence-corrected chi connectivity index (χ0v) is 11.3. The Labute approximate surface area is 113 Å². The van der Waals surface area contributed by atoms with Gasteiger partial charge in [-0.2, -0.15) is 5.26 Å². The molecule has 0 aliphatic carbocycles. The van der Waals surface area contributed by atoms with E-state index in [1.807, 2.05) is 31.2 Å². The van der Waals surface area contributed by atoms with Crippen LogP contribution >= 0.6 is 0 Å². The van der Waals surface area contributed by atoms with Crippen LogP contribution in [-0.2, 0) is 16.0 Å². The number of hydrogen-bond donors (Lipinski definition) is 2. The molecule has 0 aromatic heterocycles. The molecule has 0 spiro atoms. The first-order chi connectivity index (χ1) is 9.15. The molecule has 1 atom stereocenters. The largest absolute Gasteiger partial charge is 0.383 e. The summed E-state index contributed by atoms with van der Waals surface area (Å²) in [5.41, 5.74) is 1.82. The fraction of sp³-hybridized carbons (Fsp3) is 0.429. The second kappa shape index (κ2) is 8.11. The molecule has 1 unspecified atom stereocenters. The number of nitrogens with one attached hydrogen (secondary N) is 2. The van der Waals surface area contributed by atoms with E-state index in [-0.39, 0.29) is 18.5 Å². The van der Waals surface area contributed by atoms with Crippen LogP contribution in [0.4, 0.5) is 5.69 Å². The standard InChI is InChI=1S/C14H19N3O2/c1-11(10-19-2)17-14(18)9-16-13-5-3-12(4-6-13)7-8-15/h3-6,11,16H,7,9-10H2,1-2H3,(H,17,18). The summed E-state index contributed by atoms with van der Waals surface area (Å²) in [6.45, 7) is 2.60. The Balaban J connectivity index is 2.36. The van der Waals surface area contributed by atoms with Gasteiger partial charge in [0, 0.05) is 18.8 Å². The average Bonchev–Trinajstić information content (AvgIpc) is 2.38. The van der Waals surface area contributed by atoms with E-state index in [2.05, 4.69) is 16.7 Å². The average molecular weight is 261 g/mol. The maximum Gasteiger partial charge on any atom is 0.239 e. The van der Waals surface area contributed by atoms with Crippen molar-refractivity contribution in [3.63, 3.8) is 0 Å². The van der Waals surface area contributed by atoms with E-state index in [4.69, 9.17) is 10.00 Å². The number of amides is 1. The molecule has 0 saturated heterocycles. The normalized spacial score (nSPS) is 11.4. The van der Waals surface area contributed by atoms with Crippen molar-refractivity contribution in [1.82, 2.24) is 5.32 Å². The number of carbonyl (C=O) groups is 1. The van der Waals surface area contributed by atoms with Crippen LogP contribution in [0, 0.1) is 11.3 Å². The molecule has 0 heterocycles. The van der Waals surface area contributed by atoms with Gasteiger partial charge in [0.25, 0.3) is 0 Å². The first-order valence-corrected chi connectivity index (χ1v) is 6.13. The molecule has 102 valence electrons. The molecule has 0 radical (unpaired) electrons. The summed E-state index contributed by atoms with van der Waals surface area (Å²) in [5.74, 6) is -0.0781. The summed E-state index contributed by atoms with van der Waals surface area (Å²) in [6.07, 6.45) is 0.398. The minimum Gasteiger partial charge on any atom is -0.383 e. The Morgan fingerprint density at radius 2 is 2.11 bits per heavy atom. The Kier molecular flexibility index (Phi) is 6.41. The van der Waals surface area contributed by atoms with Gasteiger partial charge in [0.2, 0.25) is 5.91 Å². The monoisotopic (exact) mass is 261 g/mol. The third-order valence-electron chi connectivity index (χ3n) is 2.51. The van der Waals surface area contributed by atoms with Crippen LogP contribution in [0.5, 0.6) is 0 Å². The Morgan fingerprint density at radius 1 is 1.42 bits per heavy atom. The fourth-order valence-corrected chi connectivity index (χ4v) is 1.63. The molecule has 0 aliphatic rings. The zero-order chi connectivity index (χ0) is 14.1. The molecular formula is C14H19N3O2. The van der Waals surface area contributed by atoms with Crippen LogP contribution in [0.25, 0.3) is 0 Å². The highest BCUT2D eigenvalue weighted by molar-refractivity contribution is 5.80. The summed E-state index contributed by atoms with van der Waals surface area (Å²) in [5, 5.41) is 14.4. The molecule has 2 N–H and O–H groups in total. The maximum absolute atomic E-state index is 11.6. The molecule has 5 heteroatoms. The van der Waals surface area contributed by atoms with Gasteiger partial charge in [-0.25, -0.2) is 0 Å². The van der Waals surface area contributed by atoms with Gasteiger partial charge in [-0.15, -0.1) is 0 Å². The lowest BCUT2D eigenvalue weighted by molar-refractivity contribution is -0.120. The van der Waals surface area contributed by atoms with Crippen LogP contribution in [0.2, 0.25) is 0 Å². The summed E-state index contributed by atoms with van der Waals surface area (Å²) < 4.78 is 4.94. The van der Waals surface area contributed by atoms with Crippen molar-refractivity contribution >= 4 is 11.6 Å². The van der Waals surface area contributed by atoms with Crippen LogP contribution in [0.3, 0.4) is 0 Å². The van der Waals surface area contributed by atoms with Gasteiger partial charge in [0.15, 0.2) is 0 Å². The molecule has 1 aromatic carbocycles. The summed E-state index contributed by atoms with van der Waals surface area (Å²) in [4.78, 5) is 11.6. The van der Waals surface area contributed by atoms with Crippen LogP contribution in [0.15, 0.2) is 24.3 Å². The van der Waals surface area contributed by atoms with Crippen LogP contribution in [-0.4, -0.2) is 32.2 Å². The molecule has 1 amide bonds. The fourth-order valence-electron chi connectivity index (χ4n) is 1.63. The highest BCUT2D eigenvalue weighted by Crippen LogP contribution is 2.09. The van der Waals surface area contributed by atoms with Gasteiger partial charge in [-0.05, 0) is 24.6 Å². The van der Waals surface area contributed by atoms with E-state index in [0.29, 0.717) is 13.0 Å². The molecule has 5 nitrogen and oxygen atoms in total. The van der Waals surface area contributed by atoms with Crippen LogP contribution in [0.1, 0.15) is 12.5 Å². The van der Waals surface area contributed by atoms with E-state index < -0.39 is 0 Å². The lowest BCUT2D eigenvalue weighted by Gasteiger charge is -2.13. The van der Waals surface area contributed by atoms with E-state index in [0.717, 1.165) is 11.3 Å². The Morgan fingerprint density at radius 3 is 2.68 bits per heavy atom. The van der Waals surface area contributed by atoms with Gasteiger partial charge >= 0.3 is 0 Å². The van der Waals surface area contributed by atoms with Crippen molar-refractivity contribution in [2.75, 3.05) is 25.6 Å². The Bertz CT molecular complexity index is 437. The first-order valence-electron chi connectivity index (χ1n) is 6.13. The number of ether oxygens (including phenoxy) is 1. The second-order valence-electron chi connectivity index (χ2n) is 4.31. The number of nitriles is 1. The molecule has 1 rings (SSSR count). The third-order valence-corrected chi connectivity index (χ3v) is 2.51. The van der Waals surface area contributed by atoms with Crippen molar-refractivity contribution in [1.29, 1.82) is 5.26 Å². The van der Waals surface area contributed by atoms with Gasteiger partial charge in [0.05, 0.1) is 25.6 Å². The number of benzene rings is 1. The summed E-state index contributed by atoms with van der Waals surface area (Å²) in [7, 11) is 1.60. The number of carbonyl (C=O) groups excluding carboxylic acids is 1. The Hall–Kier alpha value is -2.06. The van der Waals surface area contributed by atoms with Crippen molar-refractivity contribution in [3.8, 4) is 6.07 Å². The minimum atomic E-state index is -0.0781. The SMILES string of the molecule is COCC(C)NC(=O)CNc1ccc(CC#N)cc1. The zero-order valence-electron chi connectivity index (χ0n) is 11.3. The van der Waals surface area contributed by atoms with Gasteiger partial charge in [-0.1, -0.05) is 12.1 Å². The highest BCUT2D eigenvalue weighted by Gasteiger charge is 2.06. The predicted molar refractivity (Wildman–Crippen MR) is 73.7 cm³/mol. The predicted octanol–water partition coefficient (Wildman–Crippen LogP) is 1.32. The molecule has 0 aliphatic heterocycles. The molecular weight excluding hydrogens is 242 g/mol. The smallest absolute Gasteiger partial charge is 0.239 e. The number of anilines is 1. The van der Waals surface area contributed by atoms with Gasteiger partial charge < -0.3 is 15.4 Å².